The van der Waals surface area contributed by atoms with E-state index in [-0.39, 0.29) is 5.91 Å². The largest absolute Gasteiger partial charge is 0.361 e. The Labute approximate surface area is 179 Å². The summed E-state index contributed by atoms with van der Waals surface area (Å²) in [6.07, 6.45) is 2.50. The first kappa shape index (κ1) is 18.6. The molecule has 0 radical (unpaired) electrons. The number of likely N-dealkylation sites (N-methyl/N-ethyl adjacent to an activating group) is 1. The molecule has 2 heterocycles. The molecule has 4 aromatic rings. The first-order valence-corrected chi connectivity index (χ1v) is 10.3. The van der Waals surface area contributed by atoms with Crippen LogP contribution in [0.5, 0.6) is 0 Å². The highest BCUT2D eigenvalue weighted by atomic mass is 35.5. The molecular weight excluding hydrogens is 394 g/mol. The van der Waals surface area contributed by atoms with E-state index < -0.39 is 6.04 Å². The summed E-state index contributed by atoms with van der Waals surface area (Å²) in [6, 6.07) is 23.1. The van der Waals surface area contributed by atoms with Gasteiger partial charge in [-0.15, -0.1) is 0 Å². The zero-order valence-corrected chi connectivity index (χ0v) is 17.2. The monoisotopic (exact) mass is 413 g/mol. The number of hydrogen-bond donors (Lipinski definition) is 1. The van der Waals surface area contributed by atoms with Gasteiger partial charge in [-0.2, -0.15) is 0 Å². The number of benzodiazepines with no additional fused rings is 1. The van der Waals surface area contributed by atoms with Gasteiger partial charge in [-0.25, -0.2) is 0 Å². The maximum absolute atomic E-state index is 13.4. The summed E-state index contributed by atoms with van der Waals surface area (Å²) in [5.41, 5.74) is 5.57. The van der Waals surface area contributed by atoms with Crippen LogP contribution in [0, 0.1) is 0 Å². The summed E-state index contributed by atoms with van der Waals surface area (Å²) >= 11 is 6.32. The molecule has 0 saturated carbocycles. The lowest BCUT2D eigenvalue weighted by Gasteiger charge is -2.20. The Morgan fingerprint density at radius 1 is 1.03 bits per heavy atom. The Bertz CT molecular complexity index is 1280. The minimum Gasteiger partial charge on any atom is -0.361 e. The summed E-state index contributed by atoms with van der Waals surface area (Å²) in [7, 11) is 1.81. The lowest BCUT2D eigenvalue weighted by Crippen LogP contribution is -2.35. The highest BCUT2D eigenvalue weighted by molar-refractivity contribution is 6.32. The average Bonchev–Trinajstić information content (AvgIpc) is 3.15. The van der Waals surface area contributed by atoms with Crippen LogP contribution in [0.4, 0.5) is 5.69 Å². The number of halogens is 1. The van der Waals surface area contributed by atoms with Gasteiger partial charge in [0.1, 0.15) is 6.04 Å². The van der Waals surface area contributed by atoms with Crippen LogP contribution < -0.4 is 4.90 Å². The third kappa shape index (κ3) is 3.19. The van der Waals surface area contributed by atoms with Gasteiger partial charge in [-0.05, 0) is 29.8 Å². The number of hydrogen-bond acceptors (Lipinski definition) is 2. The number of carbonyl (C=O) groups is 1. The second-order valence-corrected chi connectivity index (χ2v) is 7.92. The SMILES string of the molecule is CN1C(=O)C(Cc2c[nH]c3ccccc23)N=C(c2ccccc2)c2cc(Cl)ccc21. The number of amides is 1. The zero-order chi connectivity index (χ0) is 20.7. The van der Waals surface area contributed by atoms with Gasteiger partial charge in [0.15, 0.2) is 0 Å². The van der Waals surface area contributed by atoms with E-state index in [4.69, 9.17) is 16.6 Å². The lowest BCUT2D eigenvalue weighted by molar-refractivity contribution is -0.119. The lowest BCUT2D eigenvalue weighted by atomic mass is 10.00. The van der Waals surface area contributed by atoms with E-state index in [1.54, 1.807) is 11.9 Å². The van der Waals surface area contributed by atoms with E-state index in [9.17, 15) is 4.79 Å². The highest BCUT2D eigenvalue weighted by Crippen LogP contribution is 2.31. The van der Waals surface area contributed by atoms with Crippen molar-refractivity contribution in [2.75, 3.05) is 11.9 Å². The number of aliphatic imine (C=N–C) groups is 1. The van der Waals surface area contributed by atoms with Gasteiger partial charge >= 0.3 is 0 Å². The third-order valence-electron chi connectivity index (χ3n) is 5.61. The van der Waals surface area contributed by atoms with E-state index in [2.05, 4.69) is 11.1 Å². The van der Waals surface area contributed by atoms with Gasteiger partial charge in [0, 0.05) is 46.7 Å². The standard InChI is InChI=1S/C25H20ClN3O/c1-29-23-12-11-18(26)14-20(23)24(16-7-3-2-4-8-16)28-22(25(29)30)13-17-15-27-21-10-6-5-9-19(17)21/h2-12,14-15,22,27H,13H2,1H3. The fourth-order valence-electron chi connectivity index (χ4n) is 4.08. The number of nitrogens with zero attached hydrogens (tertiary/aromatic N) is 2. The summed E-state index contributed by atoms with van der Waals surface area (Å²) in [5.74, 6) is -0.0326. The fourth-order valence-corrected chi connectivity index (χ4v) is 4.25. The number of para-hydroxylation sites is 1. The molecule has 1 aliphatic rings. The Morgan fingerprint density at radius 3 is 2.63 bits per heavy atom. The molecule has 0 bridgehead atoms. The molecule has 30 heavy (non-hydrogen) atoms. The van der Waals surface area contributed by atoms with Crippen molar-refractivity contribution < 1.29 is 4.79 Å². The number of nitrogens with one attached hydrogen (secondary N) is 1. The van der Waals surface area contributed by atoms with Gasteiger partial charge in [0.2, 0.25) is 0 Å². The van der Waals surface area contributed by atoms with Crippen LogP contribution in [0.15, 0.2) is 84.0 Å². The summed E-state index contributed by atoms with van der Waals surface area (Å²) in [5, 5.41) is 1.74. The molecule has 5 rings (SSSR count). The molecule has 1 aromatic heterocycles. The summed E-state index contributed by atoms with van der Waals surface area (Å²) in [4.78, 5) is 23.4. The molecule has 1 unspecified atom stereocenters. The maximum atomic E-state index is 13.4. The van der Waals surface area contributed by atoms with E-state index in [1.165, 1.54) is 0 Å². The number of benzene rings is 3. The first-order valence-electron chi connectivity index (χ1n) is 9.87. The predicted molar refractivity (Wildman–Crippen MR) is 123 cm³/mol. The Morgan fingerprint density at radius 2 is 1.80 bits per heavy atom. The van der Waals surface area contributed by atoms with Crippen LogP contribution in [0.1, 0.15) is 16.7 Å². The van der Waals surface area contributed by atoms with Crippen molar-refractivity contribution in [3.63, 3.8) is 0 Å². The van der Waals surface area contributed by atoms with Crippen LogP contribution in [0.25, 0.3) is 10.9 Å². The number of carbonyl (C=O) groups excluding carboxylic acids is 1. The van der Waals surface area contributed by atoms with Gasteiger partial charge < -0.3 is 9.88 Å². The molecule has 0 aliphatic carbocycles. The molecule has 0 spiro atoms. The molecule has 1 aliphatic heterocycles. The van der Waals surface area contributed by atoms with Crippen molar-refractivity contribution in [1.29, 1.82) is 0 Å². The maximum Gasteiger partial charge on any atom is 0.251 e. The van der Waals surface area contributed by atoms with Crippen molar-refractivity contribution >= 4 is 39.8 Å². The van der Waals surface area contributed by atoms with E-state index in [1.807, 2.05) is 72.9 Å². The van der Waals surface area contributed by atoms with Crippen molar-refractivity contribution in [3.05, 3.63) is 101 Å². The van der Waals surface area contributed by atoms with Gasteiger partial charge in [-0.3, -0.25) is 9.79 Å². The summed E-state index contributed by atoms with van der Waals surface area (Å²) in [6.45, 7) is 0. The van der Waals surface area contributed by atoms with Crippen LogP contribution in [-0.2, 0) is 11.2 Å². The Balaban J connectivity index is 1.66. The predicted octanol–water partition coefficient (Wildman–Crippen LogP) is 5.25. The number of anilines is 1. The zero-order valence-electron chi connectivity index (χ0n) is 16.5. The number of fused-ring (bicyclic) bond motifs is 2. The van der Waals surface area contributed by atoms with Gasteiger partial charge in [0.05, 0.1) is 11.4 Å². The molecule has 4 nitrogen and oxygen atoms in total. The molecule has 1 N–H and O–H groups in total. The quantitative estimate of drug-likeness (QED) is 0.490. The number of aromatic amines is 1. The van der Waals surface area contributed by atoms with Crippen molar-refractivity contribution in [2.45, 2.75) is 12.5 Å². The molecule has 0 saturated heterocycles. The minimum atomic E-state index is -0.532. The van der Waals surface area contributed by atoms with Crippen molar-refractivity contribution in [3.8, 4) is 0 Å². The second kappa shape index (κ2) is 7.47. The third-order valence-corrected chi connectivity index (χ3v) is 5.85. The van der Waals surface area contributed by atoms with E-state index in [0.29, 0.717) is 11.4 Å². The Kier molecular flexibility index (Phi) is 4.64. The van der Waals surface area contributed by atoms with E-state index >= 15 is 0 Å². The van der Waals surface area contributed by atoms with Crippen LogP contribution in [0.3, 0.4) is 0 Å². The average molecular weight is 414 g/mol. The molecule has 0 fully saturated rings. The van der Waals surface area contributed by atoms with E-state index in [0.717, 1.165) is 39.0 Å². The smallest absolute Gasteiger partial charge is 0.251 e. The van der Waals surface area contributed by atoms with Gasteiger partial charge in [-0.1, -0.05) is 60.1 Å². The van der Waals surface area contributed by atoms with Gasteiger partial charge in [0.25, 0.3) is 5.91 Å². The molecule has 1 amide bonds. The normalized spacial score (nSPS) is 16.3. The topological polar surface area (TPSA) is 48.5 Å². The number of rotatable bonds is 3. The van der Waals surface area contributed by atoms with Crippen LogP contribution in [0.2, 0.25) is 5.02 Å². The summed E-state index contributed by atoms with van der Waals surface area (Å²) < 4.78 is 0. The molecule has 1 atom stereocenters. The minimum absolute atomic E-state index is 0.0326. The highest BCUT2D eigenvalue weighted by Gasteiger charge is 2.30. The first-order chi connectivity index (χ1) is 14.6. The second-order valence-electron chi connectivity index (χ2n) is 7.48. The Hall–Kier alpha value is -3.37. The fraction of sp³-hybridized carbons (Fsp3) is 0.120. The molecule has 148 valence electrons. The molecular formula is C25H20ClN3O. The van der Waals surface area contributed by atoms with Crippen molar-refractivity contribution in [2.24, 2.45) is 4.99 Å². The molecule has 5 heteroatoms. The molecule has 3 aromatic carbocycles. The van der Waals surface area contributed by atoms with Crippen molar-refractivity contribution in [1.82, 2.24) is 4.98 Å². The number of aromatic nitrogens is 1. The van der Waals surface area contributed by atoms with Crippen LogP contribution >= 0.6 is 11.6 Å². The number of H-pyrrole nitrogens is 1. The van der Waals surface area contributed by atoms with Crippen LogP contribution in [-0.4, -0.2) is 29.7 Å².